The second-order valence-corrected chi connectivity index (χ2v) is 17.3. The molecule has 0 aliphatic heterocycles. The molecule has 0 saturated heterocycles. The minimum absolute atomic E-state index is 0.0187. The van der Waals surface area contributed by atoms with Crippen molar-refractivity contribution in [3.63, 3.8) is 0 Å². The van der Waals surface area contributed by atoms with Crippen LogP contribution in [-0.2, 0) is 55.2 Å². The highest BCUT2D eigenvalue weighted by Crippen LogP contribution is 2.43. The number of carbonyl (C=O) groups excluding carboxylic acids is 3. The molecule has 0 radical (unpaired) electrons. The number of esters is 2. The zero-order chi connectivity index (χ0) is 41.1. The van der Waals surface area contributed by atoms with Gasteiger partial charge in [-0.15, -0.1) is 0 Å². The van der Waals surface area contributed by atoms with Crippen LogP contribution in [0.2, 0.25) is 0 Å². The maximum absolute atomic E-state index is 12.8. The fourth-order valence-corrected chi connectivity index (χ4v) is 6.91. The summed E-state index contributed by atoms with van der Waals surface area (Å²) in [6, 6.07) is 11.8. The van der Waals surface area contributed by atoms with Crippen molar-refractivity contribution in [3.05, 3.63) is 47.5 Å². The number of quaternary nitrogens is 1. The largest absolute Gasteiger partial charge is 0.472 e. The number of amides is 1. The summed E-state index contributed by atoms with van der Waals surface area (Å²) in [6.45, 7) is 2.37. The van der Waals surface area contributed by atoms with E-state index in [1.54, 1.807) is 7.11 Å². The zero-order valence-corrected chi connectivity index (χ0v) is 35.9. The van der Waals surface area contributed by atoms with E-state index in [1.165, 1.54) is 70.6 Å². The van der Waals surface area contributed by atoms with E-state index >= 15 is 0 Å². The first-order valence-corrected chi connectivity index (χ1v) is 22.3. The maximum atomic E-state index is 12.8. The molecular formula is C43H72N2O10P+. The molecule has 0 bridgehead atoms. The first kappa shape index (κ1) is 49.3. The SMILES string of the molecule is CCCCCCCCCCCCCCCCCC(=O)OC[C@H](COP(=O)(O)OCC[N+](C)(C)C)OC(=O)CCNC(=O)Cc1ccc2cc(COC)ccc2c1. The smallest absolute Gasteiger partial charge is 0.462 e. The van der Waals surface area contributed by atoms with E-state index in [-0.39, 0.29) is 44.9 Å². The van der Waals surface area contributed by atoms with Crippen molar-refractivity contribution >= 4 is 36.4 Å². The van der Waals surface area contributed by atoms with E-state index in [0.29, 0.717) is 24.1 Å². The molecular weight excluding hydrogens is 735 g/mol. The van der Waals surface area contributed by atoms with Gasteiger partial charge >= 0.3 is 19.8 Å². The van der Waals surface area contributed by atoms with Crippen molar-refractivity contribution in [2.24, 2.45) is 0 Å². The van der Waals surface area contributed by atoms with Crippen molar-refractivity contribution in [3.8, 4) is 0 Å². The molecule has 2 atom stereocenters. The third kappa shape index (κ3) is 24.7. The van der Waals surface area contributed by atoms with E-state index < -0.39 is 32.5 Å². The van der Waals surface area contributed by atoms with Gasteiger partial charge in [0.15, 0.2) is 6.10 Å². The molecule has 2 aromatic carbocycles. The van der Waals surface area contributed by atoms with Crippen LogP contribution < -0.4 is 5.32 Å². The second-order valence-electron chi connectivity index (χ2n) is 15.8. The Bertz CT molecular complexity index is 1460. The van der Waals surface area contributed by atoms with Gasteiger partial charge in [-0.05, 0) is 34.4 Å². The number of benzene rings is 2. The van der Waals surface area contributed by atoms with Crippen LogP contribution in [0.15, 0.2) is 36.4 Å². The van der Waals surface area contributed by atoms with E-state index in [1.807, 2.05) is 57.5 Å². The molecule has 13 heteroatoms. The molecule has 12 nitrogen and oxygen atoms in total. The molecule has 56 heavy (non-hydrogen) atoms. The number of unbranched alkanes of at least 4 members (excludes halogenated alkanes) is 14. The molecule has 1 unspecified atom stereocenters. The topological polar surface area (TPSA) is 147 Å². The van der Waals surface area contributed by atoms with Gasteiger partial charge in [-0.2, -0.15) is 0 Å². The fraction of sp³-hybridized carbons (Fsp3) is 0.698. The van der Waals surface area contributed by atoms with Crippen LogP contribution in [0.5, 0.6) is 0 Å². The molecule has 0 heterocycles. The summed E-state index contributed by atoms with van der Waals surface area (Å²) in [5.41, 5.74) is 1.89. The molecule has 0 saturated carbocycles. The molecule has 0 spiro atoms. The number of methoxy groups -OCH3 is 1. The Balaban J connectivity index is 1.73. The lowest BCUT2D eigenvalue weighted by atomic mass is 10.0. The lowest BCUT2D eigenvalue weighted by Gasteiger charge is -2.24. The number of fused-ring (bicyclic) bond motifs is 1. The minimum Gasteiger partial charge on any atom is -0.462 e. The number of likely N-dealkylation sites (N-methyl/N-ethyl adjacent to an activating group) is 1. The van der Waals surface area contributed by atoms with Gasteiger partial charge in [0, 0.05) is 20.1 Å². The standard InChI is InChI=1S/C43H71N2O10P/c1-6-7-8-9-10-11-12-13-14-15-16-17-18-19-20-21-42(47)52-34-40(35-54-56(49,50)53-29-28-45(2,3)4)55-43(48)26-27-44-41(46)32-36-22-24-39-31-37(33-51-5)23-25-38(39)30-36/h22-25,30-31,40H,6-21,26-29,32-35H2,1-5H3,(H-,44,46,49,50)/p+1/t40-/m1/s1. The highest BCUT2D eigenvalue weighted by molar-refractivity contribution is 7.47. The van der Waals surface area contributed by atoms with Gasteiger partial charge in [0.2, 0.25) is 5.91 Å². The Hall–Kier alpha value is -2.86. The lowest BCUT2D eigenvalue weighted by molar-refractivity contribution is -0.870. The van der Waals surface area contributed by atoms with E-state index in [9.17, 15) is 23.8 Å². The first-order chi connectivity index (χ1) is 26.8. The van der Waals surface area contributed by atoms with Crippen LogP contribution in [0.4, 0.5) is 0 Å². The Morgan fingerprint density at radius 3 is 1.86 bits per heavy atom. The average Bonchev–Trinajstić information content (AvgIpc) is 3.14. The molecule has 318 valence electrons. The number of nitrogens with zero attached hydrogens (tertiary/aromatic N) is 1. The van der Waals surface area contributed by atoms with Gasteiger partial charge in [-0.25, -0.2) is 4.57 Å². The molecule has 0 aliphatic rings. The number of hydrogen-bond donors (Lipinski definition) is 2. The van der Waals surface area contributed by atoms with Crippen molar-refractivity contribution in [1.29, 1.82) is 0 Å². The van der Waals surface area contributed by atoms with Crippen LogP contribution in [-0.4, -0.2) is 94.5 Å². The molecule has 1 amide bonds. The predicted molar refractivity (Wildman–Crippen MR) is 221 cm³/mol. The summed E-state index contributed by atoms with van der Waals surface area (Å²) in [5, 5.41) is 4.79. The van der Waals surface area contributed by atoms with Crippen molar-refractivity contribution in [2.75, 3.05) is 61.2 Å². The summed E-state index contributed by atoms with van der Waals surface area (Å²) in [5.74, 6) is -1.38. The van der Waals surface area contributed by atoms with Gasteiger partial charge in [0.1, 0.15) is 19.8 Å². The monoisotopic (exact) mass is 807 g/mol. The van der Waals surface area contributed by atoms with Gasteiger partial charge in [0.25, 0.3) is 0 Å². The lowest BCUT2D eigenvalue weighted by Crippen LogP contribution is -2.37. The number of carbonyl (C=O) groups is 3. The van der Waals surface area contributed by atoms with Crippen molar-refractivity contribution in [2.45, 2.75) is 135 Å². The summed E-state index contributed by atoms with van der Waals surface area (Å²) in [6.07, 6.45) is 17.4. The molecule has 0 fully saturated rings. The van der Waals surface area contributed by atoms with Crippen LogP contribution in [0, 0.1) is 0 Å². The number of ether oxygens (including phenoxy) is 3. The summed E-state index contributed by atoms with van der Waals surface area (Å²) >= 11 is 0. The number of hydrogen-bond acceptors (Lipinski definition) is 9. The second kappa shape index (κ2) is 28.5. The van der Waals surface area contributed by atoms with Crippen molar-refractivity contribution < 1.29 is 51.6 Å². The minimum atomic E-state index is -4.46. The summed E-state index contributed by atoms with van der Waals surface area (Å²) in [4.78, 5) is 48.1. The number of rotatable bonds is 33. The first-order valence-electron chi connectivity index (χ1n) is 20.8. The van der Waals surface area contributed by atoms with Crippen LogP contribution in [0.25, 0.3) is 10.8 Å². The van der Waals surface area contributed by atoms with Gasteiger partial charge in [0.05, 0.1) is 47.2 Å². The third-order valence-corrected chi connectivity index (χ3v) is 10.4. The molecule has 0 aromatic heterocycles. The number of phosphoric ester groups is 1. The Morgan fingerprint density at radius 2 is 1.29 bits per heavy atom. The fourth-order valence-electron chi connectivity index (χ4n) is 6.17. The summed E-state index contributed by atoms with van der Waals surface area (Å²) < 4.78 is 39.3. The molecule has 0 aliphatic carbocycles. The molecule has 2 aromatic rings. The van der Waals surface area contributed by atoms with Gasteiger partial charge < -0.3 is 28.9 Å². The third-order valence-electron chi connectivity index (χ3n) is 9.45. The Kier molecular flexibility index (Phi) is 25.1. The van der Waals surface area contributed by atoms with Crippen molar-refractivity contribution in [1.82, 2.24) is 5.32 Å². The van der Waals surface area contributed by atoms with Crippen LogP contribution in [0.1, 0.15) is 127 Å². The predicted octanol–water partition coefficient (Wildman–Crippen LogP) is 8.59. The van der Waals surface area contributed by atoms with Crippen LogP contribution >= 0.6 is 7.82 Å². The highest BCUT2D eigenvalue weighted by atomic mass is 31.2. The van der Waals surface area contributed by atoms with E-state index in [0.717, 1.165) is 41.2 Å². The normalized spacial score (nSPS) is 13.3. The Labute approximate surface area is 336 Å². The average molecular weight is 808 g/mol. The Morgan fingerprint density at radius 1 is 0.732 bits per heavy atom. The van der Waals surface area contributed by atoms with Gasteiger partial charge in [-0.1, -0.05) is 127 Å². The zero-order valence-electron chi connectivity index (χ0n) is 35.0. The molecule has 2 rings (SSSR count). The summed E-state index contributed by atoms with van der Waals surface area (Å²) in [7, 11) is 2.94. The van der Waals surface area contributed by atoms with E-state index in [2.05, 4.69) is 12.2 Å². The quantitative estimate of drug-likeness (QED) is 0.0311. The van der Waals surface area contributed by atoms with Crippen LogP contribution in [0.3, 0.4) is 0 Å². The highest BCUT2D eigenvalue weighted by Gasteiger charge is 2.27. The van der Waals surface area contributed by atoms with E-state index in [4.69, 9.17) is 23.3 Å². The maximum Gasteiger partial charge on any atom is 0.472 e. The number of nitrogens with one attached hydrogen (secondary N) is 1. The molecule has 2 N–H and O–H groups in total. The van der Waals surface area contributed by atoms with Gasteiger partial charge in [-0.3, -0.25) is 23.4 Å². The number of phosphoric acid groups is 1.